The first-order valence-electron chi connectivity index (χ1n) is 10.1. The summed E-state index contributed by atoms with van der Waals surface area (Å²) in [5, 5.41) is 2.97. The lowest BCUT2D eigenvalue weighted by Gasteiger charge is -2.29. The summed E-state index contributed by atoms with van der Waals surface area (Å²) in [6.07, 6.45) is 3.44. The number of hydrogen-bond acceptors (Lipinski definition) is 4. The van der Waals surface area contributed by atoms with Gasteiger partial charge < -0.3 is 24.4 Å². The molecule has 1 amide bonds. The SMILES string of the molecule is COc1cc(NC(=O)C[NH+]2CCC(Cc3ccccc3)CC2)cc(OC)c1OC. The van der Waals surface area contributed by atoms with E-state index < -0.39 is 0 Å². The molecule has 1 aliphatic heterocycles. The first kappa shape index (κ1) is 21.0. The number of carbonyl (C=O) groups excluding carboxylic acids is 1. The molecule has 0 spiro atoms. The maximum atomic E-state index is 12.6. The van der Waals surface area contributed by atoms with Crippen LogP contribution in [0.25, 0.3) is 0 Å². The van der Waals surface area contributed by atoms with Crippen LogP contribution in [0.4, 0.5) is 5.69 Å². The third-order valence-electron chi connectivity index (χ3n) is 5.54. The Morgan fingerprint density at radius 1 is 1.00 bits per heavy atom. The maximum absolute atomic E-state index is 12.6. The molecule has 1 aliphatic rings. The first-order valence-corrected chi connectivity index (χ1v) is 10.1. The number of quaternary nitrogens is 1. The van der Waals surface area contributed by atoms with Crippen LogP contribution in [0.1, 0.15) is 18.4 Å². The Bertz CT molecular complexity index is 777. The molecule has 0 radical (unpaired) electrons. The molecule has 29 heavy (non-hydrogen) atoms. The Labute approximate surface area is 172 Å². The van der Waals surface area contributed by atoms with Gasteiger partial charge in [-0.3, -0.25) is 4.79 Å². The van der Waals surface area contributed by atoms with Gasteiger partial charge in [0, 0.05) is 17.8 Å². The predicted octanol–water partition coefficient (Wildman–Crippen LogP) is 2.19. The van der Waals surface area contributed by atoms with Gasteiger partial charge in [-0.2, -0.15) is 0 Å². The van der Waals surface area contributed by atoms with Crippen molar-refractivity contribution < 1.29 is 23.9 Å². The summed E-state index contributed by atoms with van der Waals surface area (Å²) in [7, 11) is 4.68. The monoisotopic (exact) mass is 399 g/mol. The number of nitrogens with one attached hydrogen (secondary N) is 2. The normalized spacial score (nSPS) is 18.7. The largest absolute Gasteiger partial charge is 0.493 e. The van der Waals surface area contributed by atoms with Crippen LogP contribution in [-0.4, -0.2) is 46.9 Å². The number of ether oxygens (including phenoxy) is 3. The van der Waals surface area contributed by atoms with Crippen molar-refractivity contribution in [3.8, 4) is 17.2 Å². The van der Waals surface area contributed by atoms with Crippen LogP contribution in [0, 0.1) is 5.92 Å². The quantitative estimate of drug-likeness (QED) is 0.714. The minimum absolute atomic E-state index is 0.00391. The van der Waals surface area contributed by atoms with Crippen molar-refractivity contribution in [2.24, 2.45) is 5.92 Å². The zero-order valence-electron chi connectivity index (χ0n) is 17.5. The molecule has 1 saturated heterocycles. The van der Waals surface area contributed by atoms with Gasteiger partial charge in [-0.25, -0.2) is 0 Å². The Morgan fingerprint density at radius 2 is 1.62 bits per heavy atom. The summed E-state index contributed by atoms with van der Waals surface area (Å²) in [5.74, 6) is 2.27. The van der Waals surface area contributed by atoms with E-state index in [9.17, 15) is 4.79 Å². The second-order valence-electron chi connectivity index (χ2n) is 7.52. The molecule has 156 valence electrons. The highest BCUT2D eigenvalue weighted by Crippen LogP contribution is 2.39. The van der Waals surface area contributed by atoms with E-state index in [2.05, 4.69) is 35.6 Å². The molecule has 0 saturated carbocycles. The van der Waals surface area contributed by atoms with Gasteiger partial charge in [0.25, 0.3) is 5.91 Å². The third-order valence-corrected chi connectivity index (χ3v) is 5.54. The molecule has 0 bridgehead atoms. The summed E-state index contributed by atoms with van der Waals surface area (Å²) in [5.41, 5.74) is 2.05. The van der Waals surface area contributed by atoms with E-state index in [1.807, 2.05) is 0 Å². The van der Waals surface area contributed by atoms with Crippen LogP contribution in [0.5, 0.6) is 17.2 Å². The van der Waals surface area contributed by atoms with Crippen molar-refractivity contribution in [3.05, 3.63) is 48.0 Å². The lowest BCUT2D eigenvalue weighted by molar-refractivity contribution is -0.898. The second-order valence-corrected chi connectivity index (χ2v) is 7.52. The van der Waals surface area contributed by atoms with Crippen molar-refractivity contribution in [3.63, 3.8) is 0 Å². The highest BCUT2D eigenvalue weighted by atomic mass is 16.5. The van der Waals surface area contributed by atoms with Crippen LogP contribution in [0.2, 0.25) is 0 Å². The van der Waals surface area contributed by atoms with Gasteiger partial charge >= 0.3 is 0 Å². The number of carbonyl (C=O) groups is 1. The van der Waals surface area contributed by atoms with Gasteiger partial charge in [0.05, 0.1) is 34.4 Å². The molecular weight excluding hydrogens is 368 g/mol. The Hall–Kier alpha value is -2.73. The minimum atomic E-state index is -0.00391. The van der Waals surface area contributed by atoms with Gasteiger partial charge in [-0.1, -0.05) is 30.3 Å². The average molecular weight is 400 g/mol. The second kappa shape index (κ2) is 10.2. The standard InChI is InChI=1S/C23H30N2O4/c1-27-20-14-19(15-21(28-2)23(20)29-3)24-22(26)16-25-11-9-18(10-12-25)13-17-7-5-4-6-8-17/h4-8,14-15,18H,9-13,16H2,1-3H3,(H,24,26)/p+1. The van der Waals surface area contributed by atoms with E-state index in [0.717, 1.165) is 32.4 Å². The van der Waals surface area contributed by atoms with Crippen molar-refractivity contribution in [1.29, 1.82) is 0 Å². The van der Waals surface area contributed by atoms with Gasteiger partial charge in [0.15, 0.2) is 18.0 Å². The molecule has 1 heterocycles. The first-order chi connectivity index (χ1) is 14.1. The van der Waals surface area contributed by atoms with Gasteiger partial charge in [-0.05, 0) is 30.7 Å². The molecule has 2 N–H and O–H groups in total. The smallest absolute Gasteiger partial charge is 0.279 e. The number of hydrogen-bond donors (Lipinski definition) is 2. The molecule has 1 fully saturated rings. The van der Waals surface area contributed by atoms with Crippen molar-refractivity contribution in [2.45, 2.75) is 19.3 Å². The highest BCUT2D eigenvalue weighted by molar-refractivity contribution is 5.92. The van der Waals surface area contributed by atoms with Crippen molar-refractivity contribution in [2.75, 3.05) is 46.3 Å². The predicted molar refractivity (Wildman–Crippen MR) is 113 cm³/mol. The average Bonchev–Trinajstić information content (AvgIpc) is 2.75. The zero-order chi connectivity index (χ0) is 20.6. The number of anilines is 1. The fraction of sp³-hybridized carbons (Fsp3) is 0.435. The van der Waals surface area contributed by atoms with Crippen molar-refractivity contribution >= 4 is 11.6 Å². The van der Waals surface area contributed by atoms with Crippen LogP contribution in [0.15, 0.2) is 42.5 Å². The van der Waals surface area contributed by atoms with E-state index in [4.69, 9.17) is 14.2 Å². The maximum Gasteiger partial charge on any atom is 0.279 e. The molecular formula is C23H31N2O4+. The lowest BCUT2D eigenvalue weighted by atomic mass is 9.90. The molecule has 0 atom stereocenters. The fourth-order valence-electron chi connectivity index (χ4n) is 4.00. The molecule has 2 aromatic carbocycles. The number of rotatable bonds is 8. The molecule has 6 nitrogen and oxygen atoms in total. The summed E-state index contributed by atoms with van der Waals surface area (Å²) in [6, 6.07) is 14.2. The summed E-state index contributed by atoms with van der Waals surface area (Å²) < 4.78 is 16.0. The third kappa shape index (κ3) is 5.64. The fourth-order valence-corrected chi connectivity index (χ4v) is 4.00. The van der Waals surface area contributed by atoms with Crippen molar-refractivity contribution in [1.82, 2.24) is 0 Å². The summed E-state index contributed by atoms with van der Waals surface area (Å²) >= 11 is 0. The minimum Gasteiger partial charge on any atom is -0.493 e. The van der Waals surface area contributed by atoms with Crippen LogP contribution in [0.3, 0.4) is 0 Å². The van der Waals surface area contributed by atoms with Gasteiger partial charge in [-0.15, -0.1) is 0 Å². The molecule has 2 aromatic rings. The van der Waals surface area contributed by atoms with Gasteiger partial charge in [0.2, 0.25) is 5.75 Å². The number of benzene rings is 2. The molecule has 3 rings (SSSR count). The number of piperidine rings is 1. The molecule has 0 unspecified atom stereocenters. The number of likely N-dealkylation sites (tertiary alicyclic amines) is 1. The zero-order valence-corrected chi connectivity index (χ0v) is 17.5. The highest BCUT2D eigenvalue weighted by Gasteiger charge is 2.24. The van der Waals surface area contributed by atoms with E-state index in [1.54, 1.807) is 33.5 Å². The van der Waals surface area contributed by atoms with E-state index in [-0.39, 0.29) is 5.91 Å². The number of amides is 1. The number of methoxy groups -OCH3 is 3. The summed E-state index contributed by atoms with van der Waals surface area (Å²) in [6.45, 7) is 2.52. The van der Waals surface area contributed by atoms with Gasteiger partial charge in [0.1, 0.15) is 0 Å². The van der Waals surface area contributed by atoms with E-state index in [1.165, 1.54) is 10.5 Å². The molecule has 6 heteroatoms. The topological polar surface area (TPSA) is 61.2 Å². The molecule has 0 aromatic heterocycles. The Balaban J connectivity index is 1.51. The summed E-state index contributed by atoms with van der Waals surface area (Å²) in [4.78, 5) is 13.9. The van der Waals surface area contributed by atoms with Crippen LogP contribution in [-0.2, 0) is 11.2 Å². The van der Waals surface area contributed by atoms with E-state index >= 15 is 0 Å². The Morgan fingerprint density at radius 3 is 2.17 bits per heavy atom. The van der Waals surface area contributed by atoms with E-state index in [0.29, 0.717) is 35.4 Å². The van der Waals surface area contributed by atoms with Crippen LogP contribution >= 0.6 is 0 Å². The lowest BCUT2D eigenvalue weighted by Crippen LogP contribution is -3.14. The molecule has 0 aliphatic carbocycles. The Kier molecular flexibility index (Phi) is 7.36. The van der Waals surface area contributed by atoms with Crippen LogP contribution < -0.4 is 24.4 Å².